The molecule has 1 aliphatic heterocycles. The van der Waals surface area contributed by atoms with Gasteiger partial charge in [-0.3, -0.25) is 4.31 Å². The lowest BCUT2D eigenvalue weighted by Crippen LogP contribution is -2.35. The molecule has 3 rings (SSSR count). The van der Waals surface area contributed by atoms with Gasteiger partial charge in [0.1, 0.15) is 10.0 Å². The van der Waals surface area contributed by atoms with Gasteiger partial charge in [-0.05, 0) is 49.2 Å². The molecule has 0 saturated heterocycles. The number of nitrogens with two attached hydrogens (primary N) is 1. The highest BCUT2D eigenvalue weighted by atomic mass is 35.5. The van der Waals surface area contributed by atoms with E-state index in [-0.39, 0.29) is 14.9 Å². The molecule has 1 unspecified atom stereocenters. The first kappa shape index (κ1) is 17.2. The van der Waals surface area contributed by atoms with Crippen molar-refractivity contribution in [2.24, 2.45) is 5.14 Å². The number of sulfonamides is 2. The number of hydrogen-bond donors (Lipinski definition) is 1. The number of benzene rings is 1. The van der Waals surface area contributed by atoms with Crippen LogP contribution in [-0.4, -0.2) is 27.9 Å². The number of rotatable bonds is 3. The monoisotopic (exact) mass is 387 g/mol. The predicted molar refractivity (Wildman–Crippen MR) is 89.9 cm³/mol. The van der Waals surface area contributed by atoms with Crippen LogP contribution >= 0.6 is 11.6 Å². The number of anilines is 1. The number of hydrogen-bond acceptors (Lipinski definition) is 5. The van der Waals surface area contributed by atoms with Crippen LogP contribution in [0.4, 0.5) is 5.69 Å². The van der Waals surface area contributed by atoms with E-state index < -0.39 is 26.1 Å². The lowest BCUT2D eigenvalue weighted by atomic mass is 10.1. The number of primary sulfonamides is 1. The SMILES string of the molecule is CC1Cc2cc(S(N)(=O)=O)ccc2N1S(=O)(=O)c1cccnc1Cl. The smallest absolute Gasteiger partial charge is 0.263 e. The number of nitrogens with zero attached hydrogens (tertiary/aromatic N) is 2. The standard InChI is InChI=1S/C14H14ClN3O4S2/c1-9-7-10-8-11(23(16,19)20)4-5-12(10)18(9)24(21,22)13-3-2-6-17-14(13)15/h2-6,8-9H,7H2,1H3,(H2,16,19,20). The second kappa shape index (κ2) is 5.69. The minimum absolute atomic E-state index is 0.0490. The van der Waals surface area contributed by atoms with Crippen LogP contribution < -0.4 is 9.44 Å². The maximum absolute atomic E-state index is 13.0. The van der Waals surface area contributed by atoms with Crippen LogP contribution in [0.25, 0.3) is 0 Å². The molecule has 0 amide bonds. The Kier molecular flexibility index (Phi) is 4.07. The molecule has 2 N–H and O–H groups in total. The zero-order valence-electron chi connectivity index (χ0n) is 12.5. The lowest BCUT2D eigenvalue weighted by molar-refractivity contribution is 0.583. The average Bonchev–Trinajstić information content (AvgIpc) is 2.82. The summed E-state index contributed by atoms with van der Waals surface area (Å²) in [5.41, 5.74) is 1.01. The van der Waals surface area contributed by atoms with Crippen molar-refractivity contribution < 1.29 is 16.8 Å². The Hall–Kier alpha value is -1.68. The molecule has 0 aliphatic carbocycles. The Morgan fingerprint density at radius 1 is 1.25 bits per heavy atom. The first-order valence-electron chi connectivity index (χ1n) is 6.93. The Balaban J connectivity index is 2.14. The van der Waals surface area contributed by atoms with Gasteiger partial charge in [-0.15, -0.1) is 0 Å². The van der Waals surface area contributed by atoms with Crippen molar-refractivity contribution in [3.63, 3.8) is 0 Å². The van der Waals surface area contributed by atoms with E-state index in [1.54, 1.807) is 6.92 Å². The molecule has 0 spiro atoms. The highest BCUT2D eigenvalue weighted by Crippen LogP contribution is 2.38. The highest BCUT2D eigenvalue weighted by molar-refractivity contribution is 7.93. The second-order valence-corrected chi connectivity index (χ2v) is 9.18. The van der Waals surface area contributed by atoms with Crippen molar-refractivity contribution >= 4 is 37.3 Å². The first-order valence-corrected chi connectivity index (χ1v) is 10.3. The molecule has 7 nitrogen and oxygen atoms in total. The van der Waals surface area contributed by atoms with E-state index in [4.69, 9.17) is 16.7 Å². The fraction of sp³-hybridized carbons (Fsp3) is 0.214. The summed E-state index contributed by atoms with van der Waals surface area (Å²) < 4.78 is 50.1. The molecule has 1 aromatic carbocycles. The van der Waals surface area contributed by atoms with Crippen molar-refractivity contribution in [1.82, 2.24) is 4.98 Å². The fourth-order valence-electron chi connectivity index (χ4n) is 2.79. The summed E-state index contributed by atoms with van der Waals surface area (Å²) in [5, 5.41) is 5.02. The zero-order valence-corrected chi connectivity index (χ0v) is 14.9. The first-order chi connectivity index (χ1) is 11.1. The van der Waals surface area contributed by atoms with Crippen LogP contribution in [0.15, 0.2) is 46.3 Å². The van der Waals surface area contributed by atoms with Crippen LogP contribution in [0.5, 0.6) is 0 Å². The molecule has 2 aromatic rings. The Labute approximate surface area is 145 Å². The molecule has 0 fully saturated rings. The number of aromatic nitrogens is 1. The predicted octanol–water partition coefficient (Wildman–Crippen LogP) is 1.52. The number of halogens is 1. The van der Waals surface area contributed by atoms with Crippen molar-refractivity contribution in [1.29, 1.82) is 0 Å². The van der Waals surface area contributed by atoms with Gasteiger partial charge >= 0.3 is 0 Å². The quantitative estimate of drug-likeness (QED) is 0.803. The summed E-state index contributed by atoms with van der Waals surface area (Å²) in [4.78, 5) is 3.66. The van der Waals surface area contributed by atoms with E-state index in [0.29, 0.717) is 17.7 Å². The Bertz CT molecular complexity index is 1020. The zero-order chi connectivity index (χ0) is 17.7. The summed E-state index contributed by atoms with van der Waals surface area (Å²) >= 11 is 5.93. The summed E-state index contributed by atoms with van der Waals surface area (Å²) in [6, 6.07) is 6.62. The van der Waals surface area contributed by atoms with Gasteiger partial charge < -0.3 is 0 Å². The van der Waals surface area contributed by atoms with Gasteiger partial charge in [-0.25, -0.2) is 27.0 Å². The third-order valence-corrected chi connectivity index (χ3v) is 7.08. The molecule has 0 bridgehead atoms. The van der Waals surface area contributed by atoms with Gasteiger partial charge in [0.25, 0.3) is 10.0 Å². The van der Waals surface area contributed by atoms with E-state index in [1.807, 2.05) is 0 Å². The lowest BCUT2D eigenvalue weighted by Gasteiger charge is -2.24. The van der Waals surface area contributed by atoms with Gasteiger partial charge in [0.15, 0.2) is 0 Å². The van der Waals surface area contributed by atoms with E-state index in [2.05, 4.69) is 4.98 Å². The van der Waals surface area contributed by atoms with Crippen molar-refractivity contribution in [2.75, 3.05) is 4.31 Å². The van der Waals surface area contributed by atoms with Crippen LogP contribution in [0.1, 0.15) is 12.5 Å². The third-order valence-electron chi connectivity index (χ3n) is 3.79. The van der Waals surface area contributed by atoms with Gasteiger partial charge in [-0.1, -0.05) is 11.6 Å². The van der Waals surface area contributed by atoms with Crippen LogP contribution in [-0.2, 0) is 26.5 Å². The molecule has 1 aromatic heterocycles. The van der Waals surface area contributed by atoms with Crippen molar-refractivity contribution in [3.05, 3.63) is 47.2 Å². The summed E-state index contributed by atoms with van der Waals surface area (Å²) in [7, 11) is -7.77. The molecular weight excluding hydrogens is 374 g/mol. The van der Waals surface area contributed by atoms with Crippen LogP contribution in [0, 0.1) is 0 Å². The number of fused-ring (bicyclic) bond motifs is 1. The maximum Gasteiger partial charge on any atom is 0.267 e. The van der Waals surface area contributed by atoms with Gasteiger partial charge in [-0.2, -0.15) is 0 Å². The topological polar surface area (TPSA) is 110 Å². The number of pyridine rings is 1. The normalized spacial score (nSPS) is 17.8. The molecule has 0 saturated carbocycles. The minimum atomic E-state index is -3.92. The summed E-state index contributed by atoms with van der Waals surface area (Å²) in [6.07, 6.45) is 1.77. The van der Waals surface area contributed by atoms with Gasteiger partial charge in [0.05, 0.1) is 10.6 Å². The largest absolute Gasteiger partial charge is 0.267 e. The molecule has 1 aliphatic rings. The summed E-state index contributed by atoms with van der Waals surface area (Å²) in [6.45, 7) is 1.73. The third kappa shape index (κ3) is 2.77. The molecule has 10 heteroatoms. The van der Waals surface area contributed by atoms with E-state index in [9.17, 15) is 16.8 Å². The molecule has 2 heterocycles. The van der Waals surface area contributed by atoms with Crippen LogP contribution in [0.2, 0.25) is 5.15 Å². The molecule has 128 valence electrons. The van der Waals surface area contributed by atoms with Gasteiger partial charge in [0.2, 0.25) is 10.0 Å². The molecule has 24 heavy (non-hydrogen) atoms. The highest BCUT2D eigenvalue weighted by Gasteiger charge is 2.37. The maximum atomic E-state index is 13.0. The van der Waals surface area contributed by atoms with Crippen molar-refractivity contribution in [3.8, 4) is 0 Å². The Morgan fingerprint density at radius 2 is 1.96 bits per heavy atom. The van der Waals surface area contributed by atoms with Gasteiger partial charge in [0, 0.05) is 12.2 Å². The van der Waals surface area contributed by atoms with Crippen LogP contribution in [0.3, 0.4) is 0 Å². The second-order valence-electron chi connectivity index (χ2n) is 5.48. The molecule has 1 atom stereocenters. The van der Waals surface area contributed by atoms with Crippen molar-refractivity contribution in [2.45, 2.75) is 29.2 Å². The van der Waals surface area contributed by atoms with E-state index in [1.165, 1.54) is 40.8 Å². The summed E-state index contributed by atoms with van der Waals surface area (Å²) in [5.74, 6) is 0. The van der Waals surface area contributed by atoms with E-state index >= 15 is 0 Å². The van der Waals surface area contributed by atoms with E-state index in [0.717, 1.165) is 0 Å². The minimum Gasteiger partial charge on any atom is -0.263 e. The Morgan fingerprint density at radius 3 is 2.58 bits per heavy atom. The molecule has 0 radical (unpaired) electrons. The fourth-order valence-corrected chi connectivity index (χ4v) is 5.48. The average molecular weight is 388 g/mol. The molecular formula is C14H14ClN3O4S2.